The van der Waals surface area contributed by atoms with Gasteiger partial charge in [0.15, 0.2) is 0 Å². The second kappa shape index (κ2) is 5.77. The van der Waals surface area contributed by atoms with Gasteiger partial charge in [-0.25, -0.2) is 0 Å². The smallest absolute Gasteiger partial charge is 0.252 e. The molecule has 0 radical (unpaired) electrons. The summed E-state index contributed by atoms with van der Waals surface area (Å²) in [6.45, 7) is 2.00. The van der Waals surface area contributed by atoms with Crippen molar-refractivity contribution in [3.8, 4) is 0 Å². The molecule has 5 nitrogen and oxygen atoms in total. The Labute approximate surface area is 144 Å². The third kappa shape index (κ3) is 2.45. The maximum Gasteiger partial charge on any atom is 0.252 e. The van der Waals surface area contributed by atoms with Gasteiger partial charge in [-0.15, -0.1) is 11.8 Å². The fraction of sp³-hybridized carbons (Fsp3) is 0.389. The van der Waals surface area contributed by atoms with Crippen LogP contribution in [0.1, 0.15) is 12.0 Å². The highest BCUT2D eigenvalue weighted by Crippen LogP contribution is 2.52. The third-order valence-electron chi connectivity index (χ3n) is 5.10. The minimum atomic E-state index is -0.331. The van der Waals surface area contributed by atoms with E-state index in [0.717, 1.165) is 21.9 Å². The monoisotopic (exact) mass is 342 g/mol. The molecular weight excluding hydrogens is 324 g/mol. The molecule has 6 heteroatoms. The van der Waals surface area contributed by atoms with Gasteiger partial charge in [0.05, 0.1) is 17.6 Å². The summed E-state index contributed by atoms with van der Waals surface area (Å²) < 4.78 is 0. The topological polar surface area (TPSA) is 66.5 Å². The first kappa shape index (κ1) is 15.4. The van der Waals surface area contributed by atoms with E-state index in [1.54, 1.807) is 0 Å². The largest absolute Gasteiger partial charge is 0.272 e. The molecule has 124 valence electrons. The van der Waals surface area contributed by atoms with Gasteiger partial charge < -0.3 is 0 Å². The van der Waals surface area contributed by atoms with Crippen LogP contribution >= 0.6 is 11.8 Å². The summed E-state index contributed by atoms with van der Waals surface area (Å²) in [6.07, 6.45) is 4.96. The van der Waals surface area contributed by atoms with Crippen molar-refractivity contribution in [3.05, 3.63) is 42.0 Å². The first-order valence-corrected chi connectivity index (χ1v) is 9.08. The number of hydrazine groups is 1. The number of aryl methyl sites for hydroxylation is 1. The van der Waals surface area contributed by atoms with E-state index in [0.29, 0.717) is 0 Å². The lowest BCUT2D eigenvalue weighted by Crippen LogP contribution is -2.48. The number of amides is 3. The van der Waals surface area contributed by atoms with Gasteiger partial charge in [0.1, 0.15) is 0 Å². The Hall–Kier alpha value is -2.08. The molecule has 1 saturated carbocycles. The molecule has 1 aromatic carbocycles. The van der Waals surface area contributed by atoms with Crippen LogP contribution in [0.2, 0.25) is 0 Å². The summed E-state index contributed by atoms with van der Waals surface area (Å²) in [6, 6.07) is 7.87. The van der Waals surface area contributed by atoms with Crippen LogP contribution in [0.15, 0.2) is 41.3 Å². The molecule has 3 amide bonds. The van der Waals surface area contributed by atoms with Crippen molar-refractivity contribution in [3.63, 3.8) is 0 Å². The number of allylic oxidation sites excluding steroid dienone is 2. The number of nitrogens with one attached hydrogen (secondary N) is 1. The Morgan fingerprint density at radius 1 is 1.12 bits per heavy atom. The van der Waals surface area contributed by atoms with Crippen molar-refractivity contribution in [1.29, 1.82) is 0 Å². The Balaban J connectivity index is 1.37. The first-order valence-electron chi connectivity index (χ1n) is 8.09. The van der Waals surface area contributed by atoms with Gasteiger partial charge in [-0.1, -0.05) is 29.8 Å². The van der Waals surface area contributed by atoms with Crippen molar-refractivity contribution < 1.29 is 14.4 Å². The average Bonchev–Trinajstić information content (AvgIpc) is 3.24. The highest BCUT2D eigenvalue weighted by molar-refractivity contribution is 8.00. The highest BCUT2D eigenvalue weighted by Gasteiger charge is 2.59. The Kier molecular flexibility index (Phi) is 3.72. The molecule has 0 unspecified atom stereocenters. The second-order valence-corrected chi connectivity index (χ2v) is 7.70. The Morgan fingerprint density at radius 2 is 1.71 bits per heavy atom. The lowest BCUT2D eigenvalue weighted by Gasteiger charge is -2.17. The lowest BCUT2D eigenvalue weighted by atomic mass is 9.85. The molecule has 0 spiro atoms. The van der Waals surface area contributed by atoms with Crippen molar-refractivity contribution in [1.82, 2.24) is 10.4 Å². The van der Waals surface area contributed by atoms with E-state index in [1.165, 1.54) is 11.8 Å². The molecule has 1 aromatic rings. The van der Waals surface area contributed by atoms with Crippen molar-refractivity contribution >= 4 is 29.5 Å². The second-order valence-electron chi connectivity index (χ2n) is 6.65. The van der Waals surface area contributed by atoms with E-state index in [4.69, 9.17) is 0 Å². The van der Waals surface area contributed by atoms with E-state index < -0.39 is 0 Å². The molecule has 4 atom stereocenters. The zero-order chi connectivity index (χ0) is 16.8. The number of nitrogens with zero attached hydrogens (tertiary/aromatic N) is 1. The van der Waals surface area contributed by atoms with E-state index in [-0.39, 0.29) is 47.1 Å². The number of thioether (sulfide) groups is 1. The predicted octanol–water partition coefficient (Wildman–Crippen LogP) is 1.93. The fourth-order valence-corrected chi connectivity index (χ4v) is 4.64. The normalized spacial score (nSPS) is 30.1. The summed E-state index contributed by atoms with van der Waals surface area (Å²) in [4.78, 5) is 38.1. The third-order valence-corrected chi connectivity index (χ3v) is 6.11. The number of carbonyl (C=O) groups excluding carboxylic acids is 3. The molecule has 1 heterocycles. The van der Waals surface area contributed by atoms with E-state index >= 15 is 0 Å². The highest BCUT2D eigenvalue weighted by atomic mass is 32.2. The van der Waals surface area contributed by atoms with Gasteiger partial charge in [0.25, 0.3) is 11.8 Å². The van der Waals surface area contributed by atoms with E-state index in [9.17, 15) is 14.4 Å². The number of hydrogen-bond acceptors (Lipinski definition) is 4. The van der Waals surface area contributed by atoms with Crippen LogP contribution in [0.4, 0.5) is 0 Å². The van der Waals surface area contributed by atoms with Gasteiger partial charge >= 0.3 is 0 Å². The molecule has 2 aliphatic carbocycles. The van der Waals surface area contributed by atoms with E-state index in [2.05, 4.69) is 5.43 Å². The van der Waals surface area contributed by atoms with Gasteiger partial charge in [-0.2, -0.15) is 5.01 Å². The van der Waals surface area contributed by atoms with Crippen LogP contribution in [-0.4, -0.2) is 28.5 Å². The molecule has 0 aromatic heterocycles. The summed E-state index contributed by atoms with van der Waals surface area (Å²) in [7, 11) is 0. The van der Waals surface area contributed by atoms with Crippen LogP contribution in [-0.2, 0) is 14.4 Å². The zero-order valence-corrected chi connectivity index (χ0v) is 14.1. The molecule has 24 heavy (non-hydrogen) atoms. The summed E-state index contributed by atoms with van der Waals surface area (Å²) in [5.41, 5.74) is 3.66. The standard InChI is InChI=1S/C18H18N2O3S/c1-10-2-6-13(7-3-10)24-9-14(21)19-20-17(22)15-11-4-5-12(8-11)16(15)18(20)23/h2-7,11-12,15-16H,8-9H2,1H3,(H,19,21)/t11-,12-,15-,16-/m0/s1. The number of rotatable bonds is 4. The molecule has 4 rings (SSSR count). The molecule has 3 aliphatic rings. The number of imide groups is 1. The van der Waals surface area contributed by atoms with Gasteiger partial charge in [-0.3, -0.25) is 19.8 Å². The van der Waals surface area contributed by atoms with Crippen molar-refractivity contribution in [2.45, 2.75) is 18.2 Å². The minimum Gasteiger partial charge on any atom is -0.272 e. The minimum absolute atomic E-state index is 0.153. The van der Waals surface area contributed by atoms with E-state index in [1.807, 2.05) is 43.3 Å². The van der Waals surface area contributed by atoms with Crippen LogP contribution in [0.3, 0.4) is 0 Å². The number of fused-ring (bicyclic) bond motifs is 5. The number of carbonyl (C=O) groups is 3. The molecule has 1 aliphatic heterocycles. The zero-order valence-electron chi connectivity index (χ0n) is 13.3. The van der Waals surface area contributed by atoms with Crippen LogP contribution in [0.5, 0.6) is 0 Å². The molecule has 2 fully saturated rings. The van der Waals surface area contributed by atoms with Gasteiger partial charge in [-0.05, 0) is 37.3 Å². The quantitative estimate of drug-likeness (QED) is 0.516. The van der Waals surface area contributed by atoms with Crippen molar-refractivity contribution in [2.75, 3.05) is 5.75 Å². The van der Waals surface area contributed by atoms with Crippen LogP contribution in [0, 0.1) is 30.6 Å². The van der Waals surface area contributed by atoms with Crippen molar-refractivity contribution in [2.24, 2.45) is 23.7 Å². The van der Waals surface area contributed by atoms with Gasteiger partial charge in [0.2, 0.25) is 5.91 Å². The summed E-state index contributed by atoms with van der Waals surface area (Å²) in [5.74, 6) is -0.926. The SMILES string of the molecule is Cc1ccc(SCC(=O)NN2C(=O)[C@@H]3[C@@H](C2=O)[C@H]2C=C[C@H]3C2)cc1. The average molecular weight is 342 g/mol. The Morgan fingerprint density at radius 3 is 2.29 bits per heavy atom. The number of hydrogen-bond donors (Lipinski definition) is 1. The molecule has 2 bridgehead atoms. The maximum atomic E-state index is 12.5. The van der Waals surface area contributed by atoms with Crippen LogP contribution in [0.25, 0.3) is 0 Å². The Bertz CT molecular complexity index is 713. The van der Waals surface area contributed by atoms with Crippen LogP contribution < -0.4 is 5.43 Å². The fourth-order valence-electron chi connectivity index (χ4n) is 3.95. The number of benzene rings is 1. The summed E-state index contributed by atoms with van der Waals surface area (Å²) in [5, 5.41) is 0.958. The maximum absolute atomic E-state index is 12.5. The first-order chi connectivity index (χ1) is 11.5. The predicted molar refractivity (Wildman–Crippen MR) is 89.6 cm³/mol. The lowest BCUT2D eigenvalue weighted by molar-refractivity contribution is -0.149. The molecule has 1 saturated heterocycles. The molecule has 1 N–H and O–H groups in total. The molecular formula is C18H18N2O3S. The van der Waals surface area contributed by atoms with Gasteiger partial charge in [0, 0.05) is 4.90 Å². The summed E-state index contributed by atoms with van der Waals surface area (Å²) >= 11 is 1.38.